The number of amides is 1. The SMILES string of the molecule is Cc1noc(C)c1C(=O)N[C@H]1CCCC[C@H]1C. The zero-order chi connectivity index (χ0) is 12.4. The van der Waals surface area contributed by atoms with Crippen LogP contribution in [0.3, 0.4) is 0 Å². The monoisotopic (exact) mass is 236 g/mol. The van der Waals surface area contributed by atoms with Gasteiger partial charge in [-0.3, -0.25) is 4.79 Å². The van der Waals surface area contributed by atoms with Gasteiger partial charge in [0.25, 0.3) is 5.91 Å². The van der Waals surface area contributed by atoms with Crippen molar-refractivity contribution in [2.24, 2.45) is 5.92 Å². The van der Waals surface area contributed by atoms with Crippen LogP contribution in [-0.2, 0) is 0 Å². The first kappa shape index (κ1) is 12.1. The molecule has 1 amide bonds. The Balaban J connectivity index is 2.06. The summed E-state index contributed by atoms with van der Waals surface area (Å²) in [4.78, 5) is 12.2. The van der Waals surface area contributed by atoms with Crippen molar-refractivity contribution in [3.63, 3.8) is 0 Å². The maximum Gasteiger partial charge on any atom is 0.257 e. The molecule has 0 radical (unpaired) electrons. The summed E-state index contributed by atoms with van der Waals surface area (Å²) in [5.41, 5.74) is 1.27. The Kier molecular flexibility index (Phi) is 3.50. The smallest absolute Gasteiger partial charge is 0.257 e. The number of aryl methyl sites for hydroxylation is 2. The Labute approximate surface area is 102 Å². The normalized spacial score (nSPS) is 24.6. The molecule has 1 aromatic heterocycles. The minimum atomic E-state index is -0.0417. The molecule has 4 heteroatoms. The van der Waals surface area contributed by atoms with Gasteiger partial charge in [0, 0.05) is 6.04 Å². The lowest BCUT2D eigenvalue weighted by atomic mass is 9.86. The summed E-state index contributed by atoms with van der Waals surface area (Å²) in [6, 6.07) is 0.296. The Morgan fingerprint density at radius 2 is 2.06 bits per heavy atom. The minimum Gasteiger partial charge on any atom is -0.361 e. The van der Waals surface area contributed by atoms with Crippen LogP contribution >= 0.6 is 0 Å². The Hall–Kier alpha value is -1.32. The second kappa shape index (κ2) is 4.90. The number of rotatable bonds is 2. The number of nitrogens with zero attached hydrogens (tertiary/aromatic N) is 1. The molecule has 17 heavy (non-hydrogen) atoms. The molecule has 0 spiro atoms. The Morgan fingerprint density at radius 3 is 2.65 bits per heavy atom. The quantitative estimate of drug-likeness (QED) is 0.858. The van der Waals surface area contributed by atoms with Crippen LogP contribution in [0.4, 0.5) is 0 Å². The first-order valence-electron chi connectivity index (χ1n) is 6.33. The summed E-state index contributed by atoms with van der Waals surface area (Å²) >= 11 is 0. The van der Waals surface area contributed by atoms with E-state index >= 15 is 0 Å². The van der Waals surface area contributed by atoms with Gasteiger partial charge < -0.3 is 9.84 Å². The second-order valence-electron chi connectivity index (χ2n) is 5.04. The molecule has 1 saturated carbocycles. The summed E-state index contributed by atoms with van der Waals surface area (Å²) < 4.78 is 5.02. The molecule has 1 heterocycles. The Bertz CT molecular complexity index is 392. The van der Waals surface area contributed by atoms with E-state index in [4.69, 9.17) is 4.52 Å². The van der Waals surface area contributed by atoms with E-state index < -0.39 is 0 Å². The average molecular weight is 236 g/mol. The molecule has 2 rings (SSSR count). The average Bonchev–Trinajstić information content (AvgIpc) is 2.62. The highest BCUT2D eigenvalue weighted by Gasteiger charge is 2.25. The molecule has 0 bridgehead atoms. The summed E-state index contributed by atoms with van der Waals surface area (Å²) in [6.07, 6.45) is 4.76. The molecule has 1 aliphatic rings. The van der Waals surface area contributed by atoms with Gasteiger partial charge in [0.2, 0.25) is 0 Å². The van der Waals surface area contributed by atoms with Crippen molar-refractivity contribution in [2.45, 2.75) is 52.5 Å². The molecule has 1 fully saturated rings. The molecule has 94 valence electrons. The fraction of sp³-hybridized carbons (Fsp3) is 0.692. The fourth-order valence-electron chi connectivity index (χ4n) is 2.58. The number of hydrogen-bond acceptors (Lipinski definition) is 3. The molecule has 1 aliphatic carbocycles. The van der Waals surface area contributed by atoms with E-state index in [1.54, 1.807) is 13.8 Å². The van der Waals surface area contributed by atoms with Crippen molar-refractivity contribution in [2.75, 3.05) is 0 Å². The van der Waals surface area contributed by atoms with Crippen LogP contribution in [0.5, 0.6) is 0 Å². The summed E-state index contributed by atoms with van der Waals surface area (Å²) in [5.74, 6) is 1.12. The largest absolute Gasteiger partial charge is 0.361 e. The van der Waals surface area contributed by atoms with E-state index in [0.717, 1.165) is 6.42 Å². The molecule has 0 saturated heterocycles. The Morgan fingerprint density at radius 1 is 1.35 bits per heavy atom. The molecule has 1 N–H and O–H groups in total. The predicted octanol–water partition coefficient (Wildman–Crippen LogP) is 2.60. The summed E-state index contributed by atoms with van der Waals surface area (Å²) in [6.45, 7) is 5.78. The van der Waals surface area contributed by atoms with Crippen molar-refractivity contribution in [1.29, 1.82) is 0 Å². The third-order valence-corrected chi connectivity index (χ3v) is 3.69. The van der Waals surface area contributed by atoms with Gasteiger partial charge in [0.1, 0.15) is 11.3 Å². The maximum atomic E-state index is 12.2. The zero-order valence-corrected chi connectivity index (χ0v) is 10.7. The fourth-order valence-corrected chi connectivity index (χ4v) is 2.58. The van der Waals surface area contributed by atoms with Gasteiger partial charge in [-0.05, 0) is 32.6 Å². The molecule has 0 aromatic carbocycles. The number of carbonyl (C=O) groups is 1. The van der Waals surface area contributed by atoms with E-state index in [-0.39, 0.29) is 5.91 Å². The lowest BCUT2D eigenvalue weighted by molar-refractivity contribution is 0.0908. The van der Waals surface area contributed by atoms with Crippen LogP contribution in [0, 0.1) is 19.8 Å². The van der Waals surface area contributed by atoms with Gasteiger partial charge in [-0.2, -0.15) is 0 Å². The number of aromatic nitrogens is 1. The van der Waals surface area contributed by atoms with Crippen molar-refractivity contribution < 1.29 is 9.32 Å². The van der Waals surface area contributed by atoms with Crippen LogP contribution in [0.2, 0.25) is 0 Å². The highest BCUT2D eigenvalue weighted by atomic mass is 16.5. The first-order chi connectivity index (χ1) is 8.09. The van der Waals surface area contributed by atoms with Gasteiger partial charge in [0.15, 0.2) is 0 Å². The van der Waals surface area contributed by atoms with Gasteiger partial charge in [0.05, 0.1) is 5.69 Å². The molecule has 0 unspecified atom stereocenters. The van der Waals surface area contributed by atoms with Crippen LogP contribution in [0.1, 0.15) is 54.4 Å². The highest BCUT2D eigenvalue weighted by molar-refractivity contribution is 5.96. The van der Waals surface area contributed by atoms with E-state index in [0.29, 0.717) is 29.0 Å². The van der Waals surface area contributed by atoms with Crippen molar-refractivity contribution in [1.82, 2.24) is 10.5 Å². The topological polar surface area (TPSA) is 55.1 Å². The molecular weight excluding hydrogens is 216 g/mol. The van der Waals surface area contributed by atoms with E-state index in [1.165, 1.54) is 19.3 Å². The highest BCUT2D eigenvalue weighted by Crippen LogP contribution is 2.24. The van der Waals surface area contributed by atoms with Crippen molar-refractivity contribution in [3.8, 4) is 0 Å². The molecule has 2 atom stereocenters. The van der Waals surface area contributed by atoms with Gasteiger partial charge >= 0.3 is 0 Å². The van der Waals surface area contributed by atoms with Crippen LogP contribution < -0.4 is 5.32 Å². The molecule has 4 nitrogen and oxygen atoms in total. The molecule has 0 aliphatic heterocycles. The van der Waals surface area contributed by atoms with Crippen molar-refractivity contribution in [3.05, 3.63) is 17.0 Å². The van der Waals surface area contributed by atoms with Gasteiger partial charge in [-0.1, -0.05) is 24.9 Å². The van der Waals surface area contributed by atoms with Crippen LogP contribution in [0.25, 0.3) is 0 Å². The van der Waals surface area contributed by atoms with Gasteiger partial charge in [-0.15, -0.1) is 0 Å². The number of hydrogen-bond donors (Lipinski definition) is 1. The van der Waals surface area contributed by atoms with Crippen molar-refractivity contribution >= 4 is 5.91 Å². The van der Waals surface area contributed by atoms with Gasteiger partial charge in [-0.25, -0.2) is 0 Å². The first-order valence-corrected chi connectivity index (χ1v) is 6.33. The van der Waals surface area contributed by atoms with E-state index in [2.05, 4.69) is 17.4 Å². The molecular formula is C13H20N2O2. The number of carbonyl (C=O) groups excluding carboxylic acids is 1. The standard InChI is InChI=1S/C13H20N2O2/c1-8-6-4-5-7-11(8)14-13(16)12-9(2)15-17-10(12)3/h8,11H,4-7H2,1-3H3,(H,14,16)/t8-,11+/m1/s1. The van der Waals surface area contributed by atoms with Crippen LogP contribution in [0.15, 0.2) is 4.52 Å². The van der Waals surface area contributed by atoms with E-state index in [1.807, 2.05) is 0 Å². The van der Waals surface area contributed by atoms with Crippen LogP contribution in [-0.4, -0.2) is 17.1 Å². The zero-order valence-electron chi connectivity index (χ0n) is 10.7. The summed E-state index contributed by atoms with van der Waals surface area (Å²) in [5, 5.41) is 6.93. The third kappa shape index (κ3) is 2.51. The third-order valence-electron chi connectivity index (χ3n) is 3.69. The second-order valence-corrected chi connectivity index (χ2v) is 5.04. The number of nitrogens with one attached hydrogen (secondary N) is 1. The lowest BCUT2D eigenvalue weighted by Gasteiger charge is -2.29. The summed E-state index contributed by atoms with van der Waals surface area (Å²) in [7, 11) is 0. The predicted molar refractivity (Wildman–Crippen MR) is 64.9 cm³/mol. The minimum absolute atomic E-state index is 0.0417. The molecule has 1 aromatic rings. The maximum absolute atomic E-state index is 12.2. The van der Waals surface area contributed by atoms with E-state index in [9.17, 15) is 4.79 Å². The lowest BCUT2D eigenvalue weighted by Crippen LogP contribution is -2.41.